The molecule has 1 saturated heterocycles. The molecule has 3 aromatic rings. The van der Waals surface area contributed by atoms with Crippen molar-refractivity contribution in [1.29, 1.82) is 0 Å². The van der Waals surface area contributed by atoms with Gasteiger partial charge in [-0.3, -0.25) is 9.78 Å². The smallest absolute Gasteiger partial charge is 0.260 e. The van der Waals surface area contributed by atoms with Crippen LogP contribution in [0.3, 0.4) is 0 Å². The second-order valence-corrected chi connectivity index (χ2v) is 7.96. The van der Waals surface area contributed by atoms with Crippen LogP contribution < -0.4 is 24.8 Å². The van der Waals surface area contributed by atoms with Crippen LogP contribution in [0.1, 0.15) is 30.5 Å². The van der Waals surface area contributed by atoms with Crippen LogP contribution in [-0.2, 0) is 13.0 Å². The summed E-state index contributed by atoms with van der Waals surface area (Å²) in [6.45, 7) is 3.43. The molecule has 2 aromatic heterocycles. The van der Waals surface area contributed by atoms with Crippen LogP contribution in [0.2, 0.25) is 0 Å². The average molecular weight is 422 g/mol. The molecule has 162 valence electrons. The number of aromatic nitrogens is 4. The largest absolute Gasteiger partial charge is 0.493 e. The van der Waals surface area contributed by atoms with Gasteiger partial charge in [0, 0.05) is 31.3 Å². The lowest BCUT2D eigenvalue weighted by atomic mass is 10.0. The minimum Gasteiger partial charge on any atom is -0.493 e. The summed E-state index contributed by atoms with van der Waals surface area (Å²) in [7, 11) is 3.11. The molecule has 31 heavy (non-hydrogen) atoms. The molecule has 1 aromatic carbocycles. The molecule has 1 fully saturated rings. The zero-order valence-electron chi connectivity index (χ0n) is 17.8. The maximum atomic E-state index is 12.8. The summed E-state index contributed by atoms with van der Waals surface area (Å²) in [4.78, 5) is 34.0. The number of nitrogens with zero attached hydrogens (tertiary/aromatic N) is 5. The Morgan fingerprint density at radius 1 is 0.968 bits per heavy atom. The number of anilines is 2. The van der Waals surface area contributed by atoms with Crippen molar-refractivity contribution in [2.45, 2.75) is 32.2 Å². The Morgan fingerprint density at radius 3 is 2.52 bits per heavy atom. The van der Waals surface area contributed by atoms with Gasteiger partial charge < -0.3 is 19.3 Å². The van der Waals surface area contributed by atoms with Gasteiger partial charge in [0.25, 0.3) is 5.56 Å². The fourth-order valence-corrected chi connectivity index (χ4v) is 4.50. The van der Waals surface area contributed by atoms with E-state index in [1.807, 2.05) is 0 Å². The van der Waals surface area contributed by atoms with Crippen molar-refractivity contribution < 1.29 is 9.47 Å². The Morgan fingerprint density at radius 2 is 1.74 bits per heavy atom. The molecule has 0 amide bonds. The molecule has 9 nitrogen and oxygen atoms in total. The first-order valence-corrected chi connectivity index (χ1v) is 10.7. The van der Waals surface area contributed by atoms with Gasteiger partial charge in [-0.1, -0.05) is 0 Å². The number of ether oxygens (including phenoxy) is 2. The number of fused-ring (bicyclic) bond motifs is 2. The molecule has 0 saturated carbocycles. The van der Waals surface area contributed by atoms with Gasteiger partial charge in [-0.15, -0.1) is 0 Å². The summed E-state index contributed by atoms with van der Waals surface area (Å²) < 4.78 is 10.7. The molecule has 4 heterocycles. The van der Waals surface area contributed by atoms with E-state index in [9.17, 15) is 4.79 Å². The lowest BCUT2D eigenvalue weighted by Gasteiger charge is -2.33. The van der Waals surface area contributed by atoms with Crippen molar-refractivity contribution in [1.82, 2.24) is 19.9 Å². The van der Waals surface area contributed by atoms with Gasteiger partial charge in [0.15, 0.2) is 11.5 Å². The lowest BCUT2D eigenvalue weighted by molar-refractivity contribution is 0.355. The molecule has 0 spiro atoms. The first-order chi connectivity index (χ1) is 15.2. The van der Waals surface area contributed by atoms with E-state index in [0.29, 0.717) is 34.9 Å². The van der Waals surface area contributed by atoms with E-state index >= 15 is 0 Å². The van der Waals surface area contributed by atoms with E-state index in [1.165, 1.54) is 24.8 Å². The van der Waals surface area contributed by atoms with Crippen LogP contribution in [0.5, 0.6) is 11.5 Å². The molecule has 5 rings (SSSR count). The molecule has 1 N–H and O–H groups in total. The molecule has 2 aliphatic heterocycles. The molecule has 0 aliphatic carbocycles. The number of aromatic amines is 1. The quantitative estimate of drug-likeness (QED) is 0.684. The van der Waals surface area contributed by atoms with Crippen LogP contribution >= 0.6 is 0 Å². The monoisotopic (exact) mass is 422 g/mol. The van der Waals surface area contributed by atoms with E-state index in [2.05, 4.69) is 24.8 Å². The van der Waals surface area contributed by atoms with Crippen LogP contribution in [0.15, 0.2) is 23.3 Å². The van der Waals surface area contributed by atoms with Gasteiger partial charge in [0.1, 0.15) is 12.1 Å². The van der Waals surface area contributed by atoms with Crippen LogP contribution in [0.4, 0.5) is 11.8 Å². The van der Waals surface area contributed by atoms with Gasteiger partial charge in [-0.25, -0.2) is 15.0 Å². The van der Waals surface area contributed by atoms with E-state index in [-0.39, 0.29) is 5.56 Å². The summed E-state index contributed by atoms with van der Waals surface area (Å²) in [5.41, 5.74) is 2.58. The third-order valence-electron chi connectivity index (χ3n) is 6.14. The highest BCUT2D eigenvalue weighted by Gasteiger charge is 2.26. The molecule has 2 aliphatic rings. The van der Waals surface area contributed by atoms with Crippen molar-refractivity contribution in [3.8, 4) is 11.5 Å². The highest BCUT2D eigenvalue weighted by molar-refractivity contribution is 5.82. The maximum Gasteiger partial charge on any atom is 0.260 e. The number of rotatable bonds is 4. The minimum atomic E-state index is -0.205. The second-order valence-electron chi connectivity index (χ2n) is 7.96. The number of methoxy groups -OCH3 is 2. The molecular weight excluding hydrogens is 396 g/mol. The Labute approximate surface area is 180 Å². The van der Waals surface area contributed by atoms with Crippen molar-refractivity contribution in [2.75, 3.05) is 43.7 Å². The van der Waals surface area contributed by atoms with Crippen LogP contribution in [0, 0.1) is 0 Å². The lowest BCUT2D eigenvalue weighted by Crippen LogP contribution is -2.37. The van der Waals surface area contributed by atoms with E-state index < -0.39 is 0 Å². The normalized spacial score (nSPS) is 16.3. The van der Waals surface area contributed by atoms with Gasteiger partial charge >= 0.3 is 0 Å². The second kappa shape index (κ2) is 8.05. The summed E-state index contributed by atoms with van der Waals surface area (Å²) in [6, 6.07) is 3.40. The summed E-state index contributed by atoms with van der Waals surface area (Å²) in [6.07, 6.45) is 6.17. The highest BCUT2D eigenvalue weighted by Crippen LogP contribution is 2.32. The van der Waals surface area contributed by atoms with E-state index in [0.717, 1.165) is 37.6 Å². The number of benzene rings is 1. The fourth-order valence-electron chi connectivity index (χ4n) is 4.50. The number of piperidine rings is 1. The third kappa shape index (κ3) is 3.54. The van der Waals surface area contributed by atoms with Gasteiger partial charge in [-0.05, 0) is 31.7 Å². The predicted octanol–water partition coefficient (Wildman–Crippen LogP) is 2.28. The van der Waals surface area contributed by atoms with Crippen LogP contribution in [0.25, 0.3) is 10.9 Å². The zero-order chi connectivity index (χ0) is 21.4. The van der Waals surface area contributed by atoms with Gasteiger partial charge in [-0.2, -0.15) is 0 Å². The highest BCUT2D eigenvalue weighted by atomic mass is 16.5. The first kappa shape index (κ1) is 19.6. The number of nitrogens with one attached hydrogen (secondary N) is 1. The van der Waals surface area contributed by atoms with Crippen molar-refractivity contribution in [2.24, 2.45) is 0 Å². The fraction of sp³-hybridized carbons (Fsp3) is 0.455. The van der Waals surface area contributed by atoms with Crippen molar-refractivity contribution in [3.05, 3.63) is 40.1 Å². The third-order valence-corrected chi connectivity index (χ3v) is 6.14. The standard InChI is InChI=1S/C22H26N6O3/c1-30-18-10-15-16(11-19(18)31-2)25-22(26-21(15)29)28-9-6-14-17(12-28)23-13-24-20(14)27-7-4-3-5-8-27/h10-11,13H,3-9,12H2,1-2H3,(H,25,26,29). The number of hydrogen-bond donors (Lipinski definition) is 1. The number of H-pyrrole nitrogens is 1. The Hall–Kier alpha value is -3.36. The molecule has 9 heteroatoms. The molecular formula is C22H26N6O3. The Bertz CT molecular complexity index is 1170. The molecule has 0 atom stereocenters. The zero-order valence-corrected chi connectivity index (χ0v) is 17.8. The first-order valence-electron chi connectivity index (χ1n) is 10.7. The molecule has 0 bridgehead atoms. The van der Waals surface area contributed by atoms with Crippen molar-refractivity contribution >= 4 is 22.7 Å². The van der Waals surface area contributed by atoms with Gasteiger partial charge in [0.05, 0.1) is 37.4 Å². The summed E-state index contributed by atoms with van der Waals surface area (Å²) >= 11 is 0. The predicted molar refractivity (Wildman–Crippen MR) is 118 cm³/mol. The Balaban J connectivity index is 1.48. The maximum absolute atomic E-state index is 12.8. The topological polar surface area (TPSA) is 96.5 Å². The SMILES string of the molecule is COc1cc2nc(N3CCc4c(ncnc4N4CCCCC4)C3)[nH]c(=O)c2cc1OC. The Kier molecular flexibility index (Phi) is 5.09. The van der Waals surface area contributed by atoms with Crippen molar-refractivity contribution in [3.63, 3.8) is 0 Å². The molecule has 0 unspecified atom stereocenters. The van der Waals surface area contributed by atoms with Crippen LogP contribution in [-0.4, -0.2) is 53.8 Å². The number of hydrogen-bond acceptors (Lipinski definition) is 8. The average Bonchev–Trinajstić information content (AvgIpc) is 2.83. The minimum absolute atomic E-state index is 0.205. The molecule has 0 radical (unpaired) electrons. The summed E-state index contributed by atoms with van der Waals surface area (Å²) in [5, 5.41) is 0.466. The van der Waals surface area contributed by atoms with E-state index in [1.54, 1.807) is 32.7 Å². The van der Waals surface area contributed by atoms with E-state index in [4.69, 9.17) is 14.5 Å². The summed E-state index contributed by atoms with van der Waals surface area (Å²) in [5.74, 6) is 2.65. The van der Waals surface area contributed by atoms with Gasteiger partial charge in [0.2, 0.25) is 5.95 Å².